The van der Waals surface area contributed by atoms with E-state index in [1.54, 1.807) is 0 Å². The average molecular weight is 353 g/mol. The van der Waals surface area contributed by atoms with Crippen molar-refractivity contribution in [3.63, 3.8) is 0 Å². The van der Waals surface area contributed by atoms with E-state index in [-0.39, 0.29) is 16.8 Å². The van der Waals surface area contributed by atoms with Gasteiger partial charge in [0.2, 0.25) is 0 Å². The fourth-order valence-corrected chi connectivity index (χ4v) is 0. The fourth-order valence-electron chi connectivity index (χ4n) is 0. The molecule has 0 amide bonds. The van der Waals surface area contributed by atoms with E-state index in [1.807, 2.05) is 0 Å². The van der Waals surface area contributed by atoms with Gasteiger partial charge in [0.05, 0.1) is 0 Å². The molecule has 0 heterocycles. The first-order valence-electron chi connectivity index (χ1n) is 2.87. The summed E-state index contributed by atoms with van der Waals surface area (Å²) in [7, 11) is 0. The van der Waals surface area contributed by atoms with Crippen LogP contribution in [0.25, 0.3) is 0 Å². The van der Waals surface area contributed by atoms with Crippen molar-refractivity contribution in [2.75, 3.05) is 0 Å². The number of carboxylic acid groups (broad SMARTS) is 3. The van der Waals surface area contributed by atoms with Crippen molar-refractivity contribution in [3.05, 3.63) is 0 Å². The Hall–Kier alpha value is -0.660. The molecule has 0 aromatic carbocycles. The van der Waals surface area contributed by atoms with E-state index in [0.29, 0.717) is 0 Å². The number of rotatable bonds is 0. The van der Waals surface area contributed by atoms with Crippen molar-refractivity contribution in [1.29, 1.82) is 0 Å². The number of carbonyl (C=O) groups is 3. The van der Waals surface area contributed by atoms with Gasteiger partial charge in [-0.25, -0.2) is 0 Å². The maximum atomic E-state index is 8.89. The van der Waals surface area contributed by atoms with Crippen molar-refractivity contribution in [1.82, 2.24) is 0 Å². The normalized spacial score (nSPS) is 5.27. The Bertz CT molecular complexity index is 132. The summed E-state index contributed by atoms with van der Waals surface area (Å²) >= 11 is 1.10. The van der Waals surface area contributed by atoms with E-state index in [1.165, 1.54) is 0 Å². The fraction of sp³-hybridized carbons (Fsp3) is 0.500. The Balaban J connectivity index is -0.0000000298. The van der Waals surface area contributed by atoms with E-state index < -0.39 is 17.9 Å². The first-order chi connectivity index (χ1) is 6.20. The Kier molecular flexibility index (Phi) is 57.0. The van der Waals surface area contributed by atoms with E-state index >= 15 is 0 Å². The minimum absolute atomic E-state index is 0. The van der Waals surface area contributed by atoms with E-state index in [2.05, 4.69) is 0 Å². The van der Waals surface area contributed by atoms with Crippen LogP contribution < -0.4 is 15.3 Å². The van der Waals surface area contributed by atoms with Crippen molar-refractivity contribution >= 4 is 17.9 Å². The molecule has 0 N–H and O–H groups in total. The van der Waals surface area contributed by atoms with Gasteiger partial charge < -0.3 is 29.7 Å². The molecule has 92 valence electrons. The number of hydrogen-bond donors (Lipinski definition) is 0. The first kappa shape index (κ1) is 29.3. The zero-order valence-corrected chi connectivity index (χ0v) is 10.8. The molecule has 9 heteroatoms. The monoisotopic (exact) mass is 354 g/mol. The third kappa shape index (κ3) is 3940. The van der Waals surface area contributed by atoms with E-state index in [9.17, 15) is 0 Å². The van der Waals surface area contributed by atoms with Crippen LogP contribution in [-0.2, 0) is 53.0 Å². The summed E-state index contributed by atoms with van der Waals surface area (Å²) in [6.07, 6.45) is 0. The van der Waals surface area contributed by atoms with E-state index in [0.717, 1.165) is 39.0 Å². The molecule has 0 aliphatic rings. The van der Waals surface area contributed by atoms with Crippen molar-refractivity contribution < 1.29 is 68.3 Å². The molecule has 0 aliphatic heterocycles. The van der Waals surface area contributed by atoms with Crippen LogP contribution in [-0.4, -0.2) is 17.9 Å². The van der Waals surface area contributed by atoms with Gasteiger partial charge in [-0.05, 0) is 20.8 Å². The molecular weight excluding hydrogens is 344 g/mol. The molecule has 0 unspecified atom stereocenters. The molecule has 0 fully saturated rings. The Morgan fingerprint density at radius 1 is 0.733 bits per heavy atom. The topological polar surface area (TPSA) is 137 Å². The average Bonchev–Trinajstić information content (AvgIpc) is 1.86. The Morgan fingerprint density at radius 3 is 0.733 bits per heavy atom. The standard InChI is InChI=1S/3C2H4O2.Co.O.Ru/c3*1-2(3)4;;;/h3*1H3,(H,3,4);;;/q;;;+2;;+1/p-3. The Labute approximate surface area is 107 Å². The molecule has 0 aliphatic carbocycles. The van der Waals surface area contributed by atoms with Gasteiger partial charge >= 0.3 is 38.6 Å². The minimum atomic E-state index is -1.08. The molecule has 7 nitrogen and oxygen atoms in total. The number of hydrogen-bond acceptors (Lipinski definition) is 7. The molecule has 1 radical (unpaired) electrons. The van der Waals surface area contributed by atoms with Crippen LogP contribution in [0.15, 0.2) is 0 Å². The maximum absolute atomic E-state index is 8.89. The molecule has 0 saturated heterocycles. The van der Waals surface area contributed by atoms with Gasteiger partial charge in [0, 0.05) is 17.9 Å². The molecule has 0 aromatic heterocycles. The van der Waals surface area contributed by atoms with Gasteiger partial charge in [0.15, 0.2) is 0 Å². The van der Waals surface area contributed by atoms with Crippen LogP contribution >= 0.6 is 0 Å². The summed E-state index contributed by atoms with van der Waals surface area (Å²) in [6, 6.07) is 0. The zero-order chi connectivity index (χ0) is 12.7. The summed E-state index contributed by atoms with van der Waals surface area (Å²) in [5.74, 6) is -3.25. The second-order valence-electron chi connectivity index (χ2n) is 1.47. The zero-order valence-electron chi connectivity index (χ0n) is 8.04. The summed E-state index contributed by atoms with van der Waals surface area (Å²) in [5, 5.41) is 26.7. The van der Waals surface area contributed by atoms with Crippen LogP contribution in [0.2, 0.25) is 0 Å². The van der Waals surface area contributed by atoms with Crippen LogP contribution in [0.4, 0.5) is 0 Å². The van der Waals surface area contributed by atoms with Gasteiger partial charge in [0.1, 0.15) is 0 Å². The summed E-state index contributed by atoms with van der Waals surface area (Å²) in [6.45, 7) is 2.92. The van der Waals surface area contributed by atoms with Crippen LogP contribution in [0.5, 0.6) is 0 Å². The second-order valence-corrected chi connectivity index (χ2v) is 1.47. The summed E-state index contributed by atoms with van der Waals surface area (Å²) in [4.78, 5) is 26.7. The van der Waals surface area contributed by atoms with Crippen molar-refractivity contribution in [3.8, 4) is 0 Å². The van der Waals surface area contributed by atoms with E-state index in [4.69, 9.17) is 33.3 Å². The predicted molar refractivity (Wildman–Crippen MR) is 32.7 cm³/mol. The predicted octanol–water partition coefficient (Wildman–Crippen LogP) is -3.86. The van der Waals surface area contributed by atoms with Crippen LogP contribution in [0, 0.1) is 0 Å². The second kappa shape index (κ2) is 29.2. The molecular formula is C6H9CoO7Ru. The SMILES string of the molecule is CC(=O)[O-].CC(=O)[O-].CC(=O)[O-].[Co+2].[O]=[Ru+]. The summed E-state index contributed by atoms with van der Waals surface area (Å²) < 4.78 is 8.18. The third-order valence-corrected chi connectivity index (χ3v) is 0. The Morgan fingerprint density at radius 2 is 0.733 bits per heavy atom. The molecule has 0 bridgehead atoms. The van der Waals surface area contributed by atoms with Crippen LogP contribution in [0.1, 0.15) is 20.8 Å². The summed E-state index contributed by atoms with van der Waals surface area (Å²) in [5.41, 5.74) is 0. The van der Waals surface area contributed by atoms with Crippen molar-refractivity contribution in [2.24, 2.45) is 0 Å². The quantitative estimate of drug-likeness (QED) is 0.406. The van der Waals surface area contributed by atoms with Crippen molar-refractivity contribution in [2.45, 2.75) is 20.8 Å². The number of carboxylic acids is 3. The molecule has 0 aromatic rings. The molecule has 0 rings (SSSR count). The number of carbonyl (C=O) groups excluding carboxylic acids is 3. The molecule has 0 spiro atoms. The molecule has 0 atom stereocenters. The van der Waals surface area contributed by atoms with Gasteiger partial charge in [-0.1, -0.05) is 0 Å². The molecule has 15 heavy (non-hydrogen) atoms. The van der Waals surface area contributed by atoms with Gasteiger partial charge in [0.25, 0.3) is 0 Å². The third-order valence-electron chi connectivity index (χ3n) is 0. The van der Waals surface area contributed by atoms with Gasteiger partial charge in [-0.2, -0.15) is 0 Å². The van der Waals surface area contributed by atoms with Crippen LogP contribution in [0.3, 0.4) is 0 Å². The first-order valence-corrected chi connectivity index (χ1v) is 3.58. The van der Waals surface area contributed by atoms with Gasteiger partial charge in [-0.15, -0.1) is 0 Å². The molecule has 0 saturated carbocycles. The number of aliphatic carboxylic acids is 3. The van der Waals surface area contributed by atoms with Gasteiger partial charge in [-0.3, -0.25) is 0 Å².